The molecule has 0 aromatic carbocycles. The lowest BCUT2D eigenvalue weighted by Crippen LogP contribution is -2.11. The molecule has 1 atom stereocenters. The minimum absolute atomic E-state index is 0.236. The SMILES string of the molecule is Cc1cc2c(NCCS(C)=O)nc(Cl)nc2s1. The van der Waals surface area contributed by atoms with Crippen LogP contribution in [0.25, 0.3) is 10.2 Å². The van der Waals surface area contributed by atoms with Crippen LogP contribution >= 0.6 is 22.9 Å². The van der Waals surface area contributed by atoms with Crippen LogP contribution in [0.4, 0.5) is 5.82 Å². The standard InChI is InChI=1S/C10H12ClN3OS2/c1-6-5-7-8(12-3-4-17(2)15)13-10(11)14-9(7)16-6/h5H,3-4H2,1-2H3,(H,12,13,14). The molecule has 0 saturated carbocycles. The third-order valence-electron chi connectivity index (χ3n) is 2.17. The van der Waals surface area contributed by atoms with E-state index in [-0.39, 0.29) is 5.28 Å². The zero-order valence-corrected chi connectivity index (χ0v) is 11.9. The van der Waals surface area contributed by atoms with Gasteiger partial charge in [0.15, 0.2) is 0 Å². The molecular formula is C10H12ClN3OS2. The summed E-state index contributed by atoms with van der Waals surface area (Å²) >= 11 is 7.44. The molecule has 2 aromatic heterocycles. The first-order valence-corrected chi connectivity index (χ1v) is 7.96. The molecule has 0 amide bonds. The van der Waals surface area contributed by atoms with E-state index >= 15 is 0 Å². The van der Waals surface area contributed by atoms with Crippen molar-refractivity contribution in [2.24, 2.45) is 0 Å². The fourth-order valence-electron chi connectivity index (χ4n) is 1.46. The van der Waals surface area contributed by atoms with Gasteiger partial charge < -0.3 is 5.32 Å². The number of nitrogens with one attached hydrogen (secondary N) is 1. The van der Waals surface area contributed by atoms with Gasteiger partial charge in [0.1, 0.15) is 10.6 Å². The molecule has 0 aliphatic rings. The molecule has 0 saturated heterocycles. The maximum absolute atomic E-state index is 11.0. The highest BCUT2D eigenvalue weighted by Crippen LogP contribution is 2.29. The third-order valence-corrected chi connectivity index (χ3v) is 4.06. The molecular weight excluding hydrogens is 278 g/mol. The third kappa shape index (κ3) is 3.14. The van der Waals surface area contributed by atoms with Crippen molar-refractivity contribution in [3.63, 3.8) is 0 Å². The van der Waals surface area contributed by atoms with Crippen molar-refractivity contribution in [2.45, 2.75) is 6.92 Å². The smallest absolute Gasteiger partial charge is 0.225 e. The van der Waals surface area contributed by atoms with Crippen LogP contribution in [-0.4, -0.2) is 32.7 Å². The fraction of sp³-hybridized carbons (Fsp3) is 0.400. The molecule has 17 heavy (non-hydrogen) atoms. The van der Waals surface area contributed by atoms with Crippen molar-refractivity contribution in [3.8, 4) is 0 Å². The predicted octanol–water partition coefficient (Wildman–Crippen LogP) is 2.44. The number of nitrogens with zero attached hydrogens (tertiary/aromatic N) is 2. The lowest BCUT2D eigenvalue weighted by Gasteiger charge is -2.05. The molecule has 2 rings (SSSR count). The quantitative estimate of drug-likeness (QED) is 0.879. The Hall–Kier alpha value is -0.720. The Morgan fingerprint density at radius 2 is 2.29 bits per heavy atom. The van der Waals surface area contributed by atoms with Gasteiger partial charge in [-0.25, -0.2) is 9.97 Å². The van der Waals surface area contributed by atoms with Gasteiger partial charge in [-0.3, -0.25) is 4.21 Å². The molecule has 2 heterocycles. The van der Waals surface area contributed by atoms with E-state index in [1.165, 1.54) is 4.88 Å². The summed E-state index contributed by atoms with van der Waals surface area (Å²) in [5, 5.41) is 4.36. The van der Waals surface area contributed by atoms with E-state index < -0.39 is 10.8 Å². The van der Waals surface area contributed by atoms with Gasteiger partial charge in [-0.15, -0.1) is 11.3 Å². The number of thiophene rings is 1. The van der Waals surface area contributed by atoms with Gasteiger partial charge in [0.25, 0.3) is 0 Å². The normalized spacial score (nSPS) is 12.9. The Bertz CT molecular complexity index is 570. The van der Waals surface area contributed by atoms with Gasteiger partial charge in [-0.2, -0.15) is 0 Å². The Morgan fingerprint density at radius 3 is 3.00 bits per heavy atom. The van der Waals surface area contributed by atoms with Crippen molar-refractivity contribution in [2.75, 3.05) is 23.9 Å². The Balaban J connectivity index is 2.28. The van der Waals surface area contributed by atoms with Gasteiger partial charge in [0.2, 0.25) is 5.28 Å². The van der Waals surface area contributed by atoms with Crippen LogP contribution < -0.4 is 5.32 Å². The Kier molecular flexibility index (Phi) is 3.96. The lowest BCUT2D eigenvalue weighted by molar-refractivity contribution is 0.687. The van der Waals surface area contributed by atoms with E-state index in [2.05, 4.69) is 15.3 Å². The van der Waals surface area contributed by atoms with Crippen molar-refractivity contribution >= 4 is 49.8 Å². The van der Waals surface area contributed by atoms with Crippen molar-refractivity contribution in [1.29, 1.82) is 0 Å². The summed E-state index contributed by atoms with van der Waals surface area (Å²) in [6, 6.07) is 2.03. The molecule has 1 unspecified atom stereocenters. The lowest BCUT2D eigenvalue weighted by atomic mass is 10.3. The molecule has 0 aliphatic heterocycles. The summed E-state index contributed by atoms with van der Waals surface area (Å²) in [7, 11) is -0.809. The van der Waals surface area contributed by atoms with E-state index in [0.29, 0.717) is 12.3 Å². The highest BCUT2D eigenvalue weighted by atomic mass is 35.5. The molecule has 0 aliphatic carbocycles. The van der Waals surface area contributed by atoms with Crippen LogP contribution in [0.5, 0.6) is 0 Å². The molecule has 1 N–H and O–H groups in total. The van der Waals surface area contributed by atoms with Gasteiger partial charge in [-0.05, 0) is 24.6 Å². The zero-order valence-electron chi connectivity index (χ0n) is 9.49. The Labute approximate surface area is 111 Å². The fourth-order valence-corrected chi connectivity index (χ4v) is 2.95. The second-order valence-electron chi connectivity index (χ2n) is 3.62. The number of rotatable bonds is 4. The van der Waals surface area contributed by atoms with Gasteiger partial charge in [0, 0.05) is 34.2 Å². The largest absolute Gasteiger partial charge is 0.368 e. The second-order valence-corrected chi connectivity index (χ2v) is 6.75. The molecule has 7 heteroatoms. The van der Waals surface area contributed by atoms with Crippen LogP contribution in [0, 0.1) is 6.92 Å². The maximum Gasteiger partial charge on any atom is 0.225 e. The minimum atomic E-state index is -0.809. The van der Waals surface area contributed by atoms with E-state index in [0.717, 1.165) is 16.0 Å². The van der Waals surface area contributed by atoms with Gasteiger partial charge in [0.05, 0.1) is 5.39 Å². The van der Waals surface area contributed by atoms with E-state index in [9.17, 15) is 4.21 Å². The highest BCUT2D eigenvalue weighted by molar-refractivity contribution is 7.84. The van der Waals surface area contributed by atoms with Crippen LogP contribution in [0.2, 0.25) is 5.28 Å². The number of hydrogen-bond donors (Lipinski definition) is 1. The number of aromatic nitrogens is 2. The molecule has 0 bridgehead atoms. The summed E-state index contributed by atoms with van der Waals surface area (Å²) in [4.78, 5) is 10.4. The summed E-state index contributed by atoms with van der Waals surface area (Å²) < 4.78 is 11.0. The van der Waals surface area contributed by atoms with Gasteiger partial charge >= 0.3 is 0 Å². The summed E-state index contributed by atoms with van der Waals surface area (Å²) in [5.74, 6) is 1.31. The van der Waals surface area contributed by atoms with Crippen LogP contribution in [0.15, 0.2) is 6.07 Å². The van der Waals surface area contributed by atoms with E-state index in [4.69, 9.17) is 11.6 Å². The maximum atomic E-state index is 11.0. The van der Waals surface area contributed by atoms with Gasteiger partial charge in [-0.1, -0.05) is 0 Å². The predicted molar refractivity (Wildman–Crippen MR) is 74.6 cm³/mol. The van der Waals surface area contributed by atoms with Crippen molar-refractivity contribution < 1.29 is 4.21 Å². The molecule has 4 nitrogen and oxygen atoms in total. The molecule has 92 valence electrons. The first-order chi connectivity index (χ1) is 8.06. The number of halogens is 1. The van der Waals surface area contributed by atoms with Crippen molar-refractivity contribution in [3.05, 3.63) is 16.2 Å². The van der Waals surface area contributed by atoms with E-state index in [1.54, 1.807) is 17.6 Å². The van der Waals surface area contributed by atoms with Crippen LogP contribution in [-0.2, 0) is 10.8 Å². The molecule has 2 aromatic rings. The summed E-state index contributed by atoms with van der Waals surface area (Å²) in [5.41, 5.74) is 0. The summed E-state index contributed by atoms with van der Waals surface area (Å²) in [6.07, 6.45) is 1.68. The average molecular weight is 290 g/mol. The molecule has 0 radical (unpaired) electrons. The minimum Gasteiger partial charge on any atom is -0.368 e. The topological polar surface area (TPSA) is 54.9 Å². The number of anilines is 1. The number of fused-ring (bicyclic) bond motifs is 1. The van der Waals surface area contributed by atoms with E-state index in [1.807, 2.05) is 13.0 Å². The first-order valence-electron chi connectivity index (χ1n) is 5.04. The average Bonchev–Trinajstić information content (AvgIpc) is 2.57. The highest BCUT2D eigenvalue weighted by Gasteiger charge is 2.09. The second kappa shape index (κ2) is 5.29. The molecule has 0 spiro atoms. The van der Waals surface area contributed by atoms with Crippen LogP contribution in [0.3, 0.4) is 0 Å². The zero-order chi connectivity index (χ0) is 12.4. The van der Waals surface area contributed by atoms with Crippen LogP contribution in [0.1, 0.15) is 4.88 Å². The molecule has 0 fully saturated rings. The Morgan fingerprint density at radius 1 is 1.53 bits per heavy atom. The first kappa shape index (κ1) is 12.7. The number of aryl methyl sites for hydroxylation is 1. The summed E-state index contributed by atoms with van der Waals surface area (Å²) in [6.45, 7) is 2.63. The van der Waals surface area contributed by atoms with Crippen molar-refractivity contribution in [1.82, 2.24) is 9.97 Å². The number of hydrogen-bond acceptors (Lipinski definition) is 5. The monoisotopic (exact) mass is 289 g/mol.